The molecule has 0 saturated carbocycles. The number of rotatable bonds is 8. The number of nitrogens with one attached hydrogen (secondary N) is 2. The van der Waals surface area contributed by atoms with Crippen LogP contribution in [-0.4, -0.2) is 40.3 Å². The van der Waals surface area contributed by atoms with Crippen LogP contribution in [-0.2, 0) is 23.4 Å². The molecule has 0 saturated heterocycles. The van der Waals surface area contributed by atoms with Gasteiger partial charge in [0.2, 0.25) is 0 Å². The largest absolute Gasteiger partial charge is 0.488 e. The number of hydrogen-bond acceptors (Lipinski definition) is 9. The molecule has 0 atom stereocenters. The number of carbonyl (C=O) groups excluding carboxylic acids is 1. The van der Waals surface area contributed by atoms with Crippen molar-refractivity contribution in [3.8, 4) is 11.5 Å². The second-order valence-electron chi connectivity index (χ2n) is 11.0. The van der Waals surface area contributed by atoms with E-state index >= 15 is 0 Å². The summed E-state index contributed by atoms with van der Waals surface area (Å²) in [4.78, 5) is 13.2. The van der Waals surface area contributed by atoms with E-state index in [0.29, 0.717) is 52.2 Å². The first kappa shape index (κ1) is 28.7. The summed E-state index contributed by atoms with van der Waals surface area (Å²) >= 11 is 0. The van der Waals surface area contributed by atoms with E-state index in [1.165, 1.54) is 0 Å². The highest BCUT2D eigenvalue weighted by molar-refractivity contribution is 6.59. The Balaban J connectivity index is 1.26. The van der Waals surface area contributed by atoms with Crippen LogP contribution in [0.3, 0.4) is 0 Å². The Labute approximate surface area is 260 Å². The van der Waals surface area contributed by atoms with Crippen molar-refractivity contribution in [2.45, 2.75) is 18.7 Å². The first-order chi connectivity index (χ1) is 21.8. The number of esters is 1. The number of ether oxygens (including phenoxy) is 2. The molecule has 45 heavy (non-hydrogen) atoms. The molecule has 11 heteroatoms. The fourth-order valence-electron chi connectivity index (χ4n) is 6.18. The molecule has 5 aromatic carbocycles. The zero-order chi connectivity index (χ0) is 31.1. The van der Waals surface area contributed by atoms with E-state index in [-0.39, 0.29) is 0 Å². The van der Waals surface area contributed by atoms with Crippen LogP contribution in [0.4, 0.5) is 11.4 Å². The molecule has 0 bridgehead atoms. The van der Waals surface area contributed by atoms with E-state index in [0.717, 1.165) is 28.1 Å². The van der Waals surface area contributed by atoms with Gasteiger partial charge >= 0.3 is 20.2 Å². The van der Waals surface area contributed by atoms with Crippen molar-refractivity contribution in [3.05, 3.63) is 143 Å². The summed E-state index contributed by atoms with van der Waals surface area (Å²) in [6.07, 6.45) is 0. The smallest absolute Gasteiger partial charge is 0.456 e. The van der Waals surface area contributed by atoms with Gasteiger partial charge in [-0.05, 0) is 52.4 Å². The maximum absolute atomic E-state index is 13.2. The van der Waals surface area contributed by atoms with Gasteiger partial charge in [0.15, 0.2) is 5.60 Å². The predicted molar refractivity (Wildman–Crippen MR) is 172 cm³/mol. The summed E-state index contributed by atoms with van der Waals surface area (Å²) in [6.45, 7) is 0.675. The van der Waals surface area contributed by atoms with Gasteiger partial charge < -0.3 is 40.2 Å². The summed E-state index contributed by atoms with van der Waals surface area (Å²) in [5, 5.41) is 45.8. The maximum Gasteiger partial charge on any atom is 0.488 e. The van der Waals surface area contributed by atoms with Crippen molar-refractivity contribution in [1.82, 2.24) is 0 Å². The average molecular weight is 598 g/mol. The average Bonchev–Trinajstić information content (AvgIpc) is 3.35. The van der Waals surface area contributed by atoms with Crippen molar-refractivity contribution >= 4 is 42.5 Å². The minimum Gasteiger partial charge on any atom is -0.456 e. The Bertz CT molecular complexity index is 1830. The van der Waals surface area contributed by atoms with E-state index in [9.17, 15) is 24.9 Å². The van der Waals surface area contributed by atoms with Crippen molar-refractivity contribution in [3.63, 3.8) is 0 Å². The Hall–Kier alpha value is -5.06. The second-order valence-corrected chi connectivity index (χ2v) is 11.0. The lowest BCUT2D eigenvalue weighted by molar-refractivity contribution is 0.0224. The van der Waals surface area contributed by atoms with Crippen LogP contribution < -0.4 is 26.3 Å². The molecule has 7 rings (SSSR count). The van der Waals surface area contributed by atoms with Gasteiger partial charge in [0.05, 0.1) is 5.56 Å². The van der Waals surface area contributed by atoms with Crippen LogP contribution in [0.2, 0.25) is 0 Å². The number of hydrogen-bond donors (Lipinski definition) is 6. The van der Waals surface area contributed by atoms with E-state index in [1.807, 2.05) is 78.9 Å². The third-order valence-electron chi connectivity index (χ3n) is 8.35. The minimum absolute atomic E-state index is 0.338. The SMILES string of the molecule is O=C1OC2(c3ccc(NCc4ccccc4B(O)O)cc3Oc3cc(NCc4ccccc4B(O)O)ccc32)c2ccccc21. The van der Waals surface area contributed by atoms with Crippen molar-refractivity contribution in [1.29, 1.82) is 0 Å². The summed E-state index contributed by atoms with van der Waals surface area (Å²) in [6, 6.07) is 32.7. The minimum atomic E-state index is -1.59. The lowest BCUT2D eigenvalue weighted by atomic mass is 9.77. The molecular weight excluding hydrogens is 570 g/mol. The maximum atomic E-state index is 13.2. The molecule has 0 aromatic heterocycles. The normalized spacial score (nSPS) is 13.6. The van der Waals surface area contributed by atoms with Gasteiger partial charge in [0, 0.05) is 53.3 Å². The molecular formula is C34H28B2N2O7. The fourth-order valence-corrected chi connectivity index (χ4v) is 6.18. The zero-order valence-electron chi connectivity index (χ0n) is 24.0. The molecule has 0 fully saturated rings. The lowest BCUT2D eigenvalue weighted by Crippen LogP contribution is -2.34. The first-order valence-corrected chi connectivity index (χ1v) is 14.5. The highest BCUT2D eigenvalue weighted by Gasteiger charge is 2.53. The van der Waals surface area contributed by atoms with Crippen molar-refractivity contribution in [2.24, 2.45) is 0 Å². The van der Waals surface area contributed by atoms with Crippen LogP contribution in [0.1, 0.15) is 38.2 Å². The highest BCUT2D eigenvalue weighted by Crippen LogP contribution is 2.56. The predicted octanol–water partition coefficient (Wildman–Crippen LogP) is 2.84. The molecule has 5 aromatic rings. The molecule has 2 heterocycles. The Kier molecular flexibility index (Phi) is 7.31. The summed E-state index contributed by atoms with van der Waals surface area (Å²) in [5.41, 5.74) is 5.08. The topological polar surface area (TPSA) is 141 Å². The van der Waals surface area contributed by atoms with Gasteiger partial charge in [-0.15, -0.1) is 0 Å². The molecule has 2 aliphatic rings. The van der Waals surface area contributed by atoms with Crippen LogP contribution in [0.15, 0.2) is 109 Å². The summed E-state index contributed by atoms with van der Waals surface area (Å²) in [7, 11) is -3.18. The first-order valence-electron chi connectivity index (χ1n) is 14.5. The van der Waals surface area contributed by atoms with Crippen LogP contribution in [0.25, 0.3) is 0 Å². The standard InChI is InChI=1S/C34H28B2N2O7/c39-33-25-9-3-4-10-26(25)34(45-33)27-15-13-23(37-19-21-7-1-5-11-29(21)35(40)41)17-31(27)44-32-18-24(14-16-28(32)34)38-20-22-8-2-6-12-30(22)36(42)43/h1-18,37-38,40-43H,19-20H2. The van der Waals surface area contributed by atoms with Gasteiger partial charge in [0.1, 0.15) is 11.5 Å². The van der Waals surface area contributed by atoms with E-state index < -0.39 is 25.8 Å². The number of benzene rings is 5. The molecule has 0 amide bonds. The molecule has 6 N–H and O–H groups in total. The Morgan fingerprint density at radius 3 is 1.62 bits per heavy atom. The second kappa shape index (κ2) is 11.5. The van der Waals surface area contributed by atoms with Crippen LogP contribution >= 0.6 is 0 Å². The molecule has 0 radical (unpaired) electrons. The number of carbonyl (C=O) groups is 1. The number of fused-ring (bicyclic) bond motifs is 6. The van der Waals surface area contributed by atoms with Gasteiger partial charge in [0.25, 0.3) is 0 Å². The molecule has 1 spiro atoms. The Morgan fingerprint density at radius 1 is 0.600 bits per heavy atom. The van der Waals surface area contributed by atoms with E-state index in [4.69, 9.17) is 9.47 Å². The molecule has 222 valence electrons. The zero-order valence-corrected chi connectivity index (χ0v) is 24.0. The fraction of sp³-hybridized carbons (Fsp3) is 0.0882. The van der Waals surface area contributed by atoms with Crippen molar-refractivity contribution in [2.75, 3.05) is 10.6 Å². The molecule has 2 aliphatic heterocycles. The Morgan fingerprint density at radius 2 is 1.09 bits per heavy atom. The van der Waals surface area contributed by atoms with Gasteiger partial charge in [-0.2, -0.15) is 0 Å². The number of anilines is 2. The lowest BCUT2D eigenvalue weighted by Gasteiger charge is -2.37. The molecule has 0 unspecified atom stereocenters. The van der Waals surface area contributed by atoms with Gasteiger partial charge in [-0.1, -0.05) is 66.7 Å². The van der Waals surface area contributed by atoms with Crippen LogP contribution in [0.5, 0.6) is 11.5 Å². The molecule has 0 aliphatic carbocycles. The molecule has 9 nitrogen and oxygen atoms in total. The third-order valence-corrected chi connectivity index (χ3v) is 8.35. The van der Waals surface area contributed by atoms with Crippen LogP contribution in [0, 0.1) is 0 Å². The van der Waals surface area contributed by atoms with Gasteiger partial charge in [-0.25, -0.2) is 4.79 Å². The third kappa shape index (κ3) is 5.01. The van der Waals surface area contributed by atoms with Gasteiger partial charge in [-0.3, -0.25) is 0 Å². The monoisotopic (exact) mass is 598 g/mol. The van der Waals surface area contributed by atoms with E-state index in [1.54, 1.807) is 30.3 Å². The van der Waals surface area contributed by atoms with Crippen molar-refractivity contribution < 1.29 is 34.4 Å². The summed E-state index contributed by atoms with van der Waals surface area (Å²) in [5.74, 6) is 0.573. The van der Waals surface area contributed by atoms with E-state index in [2.05, 4.69) is 10.6 Å². The quantitative estimate of drug-likeness (QED) is 0.118. The highest BCUT2D eigenvalue weighted by atomic mass is 16.6. The summed E-state index contributed by atoms with van der Waals surface area (Å²) < 4.78 is 12.8.